The molecule has 0 bridgehead atoms. The summed E-state index contributed by atoms with van der Waals surface area (Å²) >= 11 is 0. The van der Waals surface area contributed by atoms with Crippen LogP contribution in [0.25, 0.3) is 0 Å². The maximum atomic E-state index is 11.9. The Labute approximate surface area is 120 Å². The van der Waals surface area contributed by atoms with E-state index in [4.69, 9.17) is 5.11 Å². The Bertz CT molecular complexity index is 489. The first-order chi connectivity index (χ1) is 9.21. The van der Waals surface area contributed by atoms with Crippen molar-refractivity contribution < 1.29 is 14.7 Å². The van der Waals surface area contributed by atoms with Crippen LogP contribution in [0, 0.1) is 11.3 Å². The molecule has 1 aromatic rings. The summed E-state index contributed by atoms with van der Waals surface area (Å²) in [6.45, 7) is 8.54. The van der Waals surface area contributed by atoms with E-state index in [1.54, 1.807) is 18.2 Å². The molecule has 20 heavy (non-hydrogen) atoms. The molecule has 1 rings (SSSR count). The predicted octanol–water partition coefficient (Wildman–Crippen LogP) is 2.73. The third-order valence-corrected chi connectivity index (χ3v) is 3.58. The van der Waals surface area contributed by atoms with Crippen LogP contribution >= 0.6 is 0 Å². The SMILES string of the molecule is CC(C(=O)NCCc1cccc(C(=O)O)c1)C(C)(C)C. The van der Waals surface area contributed by atoms with Crippen molar-refractivity contribution in [1.29, 1.82) is 0 Å². The number of carboxylic acids is 1. The third-order valence-electron chi connectivity index (χ3n) is 3.58. The Morgan fingerprint density at radius 3 is 2.50 bits per heavy atom. The van der Waals surface area contributed by atoms with E-state index < -0.39 is 5.97 Å². The molecule has 2 N–H and O–H groups in total. The zero-order valence-corrected chi connectivity index (χ0v) is 12.6. The largest absolute Gasteiger partial charge is 0.478 e. The van der Waals surface area contributed by atoms with Crippen molar-refractivity contribution in [3.05, 3.63) is 35.4 Å². The van der Waals surface area contributed by atoms with E-state index in [0.717, 1.165) is 5.56 Å². The van der Waals surface area contributed by atoms with Crippen LogP contribution < -0.4 is 5.32 Å². The van der Waals surface area contributed by atoms with Crippen LogP contribution in [0.3, 0.4) is 0 Å². The molecule has 0 aliphatic heterocycles. The first kappa shape index (κ1) is 16.2. The molecule has 0 fully saturated rings. The van der Waals surface area contributed by atoms with E-state index in [-0.39, 0.29) is 22.8 Å². The Kier molecular flexibility index (Phi) is 5.31. The zero-order valence-electron chi connectivity index (χ0n) is 12.6. The van der Waals surface area contributed by atoms with Crippen LogP contribution in [0.5, 0.6) is 0 Å². The number of benzene rings is 1. The molecule has 0 aromatic heterocycles. The van der Waals surface area contributed by atoms with Gasteiger partial charge in [-0.3, -0.25) is 4.79 Å². The summed E-state index contributed by atoms with van der Waals surface area (Å²) in [5.74, 6) is -0.961. The fourth-order valence-corrected chi connectivity index (χ4v) is 1.74. The minimum Gasteiger partial charge on any atom is -0.478 e. The van der Waals surface area contributed by atoms with Crippen LogP contribution in [0.4, 0.5) is 0 Å². The molecule has 110 valence electrons. The van der Waals surface area contributed by atoms with Gasteiger partial charge in [-0.05, 0) is 29.5 Å². The fraction of sp³-hybridized carbons (Fsp3) is 0.500. The molecule has 0 spiro atoms. The van der Waals surface area contributed by atoms with Crippen LogP contribution in [-0.4, -0.2) is 23.5 Å². The van der Waals surface area contributed by atoms with Gasteiger partial charge in [-0.15, -0.1) is 0 Å². The minimum absolute atomic E-state index is 0.0342. The topological polar surface area (TPSA) is 66.4 Å². The van der Waals surface area contributed by atoms with Crippen molar-refractivity contribution in [2.24, 2.45) is 11.3 Å². The second kappa shape index (κ2) is 6.55. The molecule has 0 heterocycles. The molecule has 0 aliphatic rings. The Balaban J connectivity index is 2.51. The molecular formula is C16H23NO3. The van der Waals surface area contributed by atoms with Gasteiger partial charge < -0.3 is 10.4 Å². The Morgan fingerprint density at radius 1 is 1.30 bits per heavy atom. The van der Waals surface area contributed by atoms with Crippen molar-refractivity contribution in [1.82, 2.24) is 5.32 Å². The number of amides is 1. The maximum Gasteiger partial charge on any atom is 0.335 e. The average molecular weight is 277 g/mol. The number of carboxylic acid groups (broad SMARTS) is 1. The summed E-state index contributed by atoms with van der Waals surface area (Å²) in [5.41, 5.74) is 1.12. The number of nitrogens with one attached hydrogen (secondary N) is 1. The molecule has 0 saturated carbocycles. The van der Waals surface area contributed by atoms with E-state index in [9.17, 15) is 9.59 Å². The van der Waals surface area contributed by atoms with Gasteiger partial charge in [0.2, 0.25) is 5.91 Å². The van der Waals surface area contributed by atoms with Crippen LogP contribution in [0.1, 0.15) is 43.6 Å². The fourth-order valence-electron chi connectivity index (χ4n) is 1.74. The molecule has 0 aliphatic carbocycles. The number of hydrogen-bond acceptors (Lipinski definition) is 2. The number of carbonyl (C=O) groups is 2. The summed E-state index contributed by atoms with van der Waals surface area (Å²) in [4.78, 5) is 22.8. The van der Waals surface area contributed by atoms with Gasteiger partial charge in [-0.25, -0.2) is 4.79 Å². The maximum absolute atomic E-state index is 11.9. The Hall–Kier alpha value is -1.84. The highest BCUT2D eigenvalue weighted by Gasteiger charge is 2.26. The van der Waals surface area contributed by atoms with Gasteiger partial charge in [0.1, 0.15) is 0 Å². The average Bonchev–Trinajstić information content (AvgIpc) is 2.37. The standard InChI is InChI=1S/C16H23NO3/c1-11(16(2,3)4)14(18)17-9-8-12-6-5-7-13(10-12)15(19)20/h5-7,10-11H,8-9H2,1-4H3,(H,17,18)(H,19,20). The molecule has 0 radical (unpaired) electrons. The summed E-state index contributed by atoms with van der Waals surface area (Å²) < 4.78 is 0. The first-order valence-electron chi connectivity index (χ1n) is 6.82. The van der Waals surface area contributed by atoms with Gasteiger partial charge >= 0.3 is 5.97 Å². The van der Waals surface area contributed by atoms with Crippen molar-refractivity contribution in [2.45, 2.75) is 34.1 Å². The van der Waals surface area contributed by atoms with Gasteiger partial charge in [0, 0.05) is 12.5 Å². The van der Waals surface area contributed by atoms with Gasteiger partial charge in [0.25, 0.3) is 0 Å². The summed E-state index contributed by atoms with van der Waals surface area (Å²) in [6.07, 6.45) is 0.629. The highest BCUT2D eigenvalue weighted by Crippen LogP contribution is 2.25. The first-order valence-corrected chi connectivity index (χ1v) is 6.82. The summed E-state index contributed by atoms with van der Waals surface area (Å²) in [7, 11) is 0. The number of aromatic carboxylic acids is 1. The quantitative estimate of drug-likeness (QED) is 0.869. The highest BCUT2D eigenvalue weighted by molar-refractivity contribution is 5.87. The minimum atomic E-state index is -0.933. The third kappa shape index (κ3) is 4.68. The van der Waals surface area contributed by atoms with Crippen molar-refractivity contribution >= 4 is 11.9 Å². The molecule has 4 nitrogen and oxygen atoms in total. The lowest BCUT2D eigenvalue weighted by molar-refractivity contribution is -0.127. The number of carbonyl (C=O) groups excluding carboxylic acids is 1. The van der Waals surface area contributed by atoms with Crippen molar-refractivity contribution in [3.8, 4) is 0 Å². The molecule has 1 atom stereocenters. The zero-order chi connectivity index (χ0) is 15.3. The smallest absolute Gasteiger partial charge is 0.335 e. The van der Waals surface area contributed by atoms with E-state index in [2.05, 4.69) is 5.32 Å². The molecule has 1 amide bonds. The van der Waals surface area contributed by atoms with Crippen molar-refractivity contribution in [3.63, 3.8) is 0 Å². The normalized spacial score (nSPS) is 12.8. The molecular weight excluding hydrogens is 254 g/mol. The summed E-state index contributed by atoms with van der Waals surface area (Å²) in [5, 5.41) is 11.8. The molecule has 1 unspecified atom stereocenters. The summed E-state index contributed by atoms with van der Waals surface area (Å²) in [6, 6.07) is 6.79. The second-order valence-electron chi connectivity index (χ2n) is 6.13. The lowest BCUT2D eigenvalue weighted by atomic mass is 9.81. The van der Waals surface area contributed by atoms with Gasteiger partial charge in [0.15, 0.2) is 0 Å². The van der Waals surface area contributed by atoms with E-state index in [1.807, 2.05) is 33.8 Å². The second-order valence-corrected chi connectivity index (χ2v) is 6.13. The monoisotopic (exact) mass is 277 g/mol. The van der Waals surface area contributed by atoms with E-state index in [1.165, 1.54) is 0 Å². The lowest BCUT2D eigenvalue weighted by Crippen LogP contribution is -2.37. The number of rotatable bonds is 5. The van der Waals surface area contributed by atoms with Gasteiger partial charge in [-0.2, -0.15) is 0 Å². The predicted molar refractivity (Wildman–Crippen MR) is 78.7 cm³/mol. The highest BCUT2D eigenvalue weighted by atomic mass is 16.4. The van der Waals surface area contributed by atoms with Crippen LogP contribution in [-0.2, 0) is 11.2 Å². The van der Waals surface area contributed by atoms with E-state index in [0.29, 0.717) is 13.0 Å². The molecule has 4 heteroatoms. The van der Waals surface area contributed by atoms with Gasteiger partial charge in [0.05, 0.1) is 5.56 Å². The van der Waals surface area contributed by atoms with Crippen molar-refractivity contribution in [2.75, 3.05) is 6.54 Å². The van der Waals surface area contributed by atoms with E-state index >= 15 is 0 Å². The molecule has 0 saturated heterocycles. The Morgan fingerprint density at radius 2 is 1.95 bits per heavy atom. The lowest BCUT2D eigenvalue weighted by Gasteiger charge is -2.26. The number of hydrogen-bond donors (Lipinski definition) is 2. The van der Waals surface area contributed by atoms with Gasteiger partial charge in [-0.1, -0.05) is 39.8 Å². The molecule has 1 aromatic carbocycles. The van der Waals surface area contributed by atoms with Crippen LogP contribution in [0.2, 0.25) is 0 Å². The van der Waals surface area contributed by atoms with Crippen LogP contribution in [0.15, 0.2) is 24.3 Å².